The molecule has 1 N–H and O–H groups in total. The standard InChI is InChI=1S/C14H23ClN2O/c1-4-8-17(2)14-6-5-13(15)10-12(14)11-16-7-9-18-3/h5-6,10,16H,4,7-9,11H2,1-3H3. The average molecular weight is 271 g/mol. The van der Waals surface area contributed by atoms with Crippen molar-refractivity contribution in [3.05, 3.63) is 28.8 Å². The predicted octanol–water partition coefficient (Wildman–Crippen LogP) is 2.92. The van der Waals surface area contributed by atoms with Gasteiger partial charge in [0.2, 0.25) is 0 Å². The van der Waals surface area contributed by atoms with Gasteiger partial charge in [0, 0.05) is 44.5 Å². The zero-order valence-corrected chi connectivity index (χ0v) is 12.3. The van der Waals surface area contributed by atoms with Gasteiger partial charge in [-0.1, -0.05) is 18.5 Å². The van der Waals surface area contributed by atoms with E-state index in [1.54, 1.807) is 7.11 Å². The van der Waals surface area contributed by atoms with E-state index in [1.807, 2.05) is 12.1 Å². The van der Waals surface area contributed by atoms with Crippen LogP contribution in [0.2, 0.25) is 5.02 Å². The second kappa shape index (κ2) is 8.35. The molecule has 0 heterocycles. The lowest BCUT2D eigenvalue weighted by molar-refractivity contribution is 0.199. The molecule has 0 fully saturated rings. The molecule has 0 saturated carbocycles. The molecule has 0 aliphatic carbocycles. The molecule has 0 radical (unpaired) electrons. The molecule has 0 spiro atoms. The van der Waals surface area contributed by atoms with Gasteiger partial charge in [0.15, 0.2) is 0 Å². The summed E-state index contributed by atoms with van der Waals surface area (Å²) in [4.78, 5) is 2.27. The molecule has 0 bridgehead atoms. The average Bonchev–Trinajstić information content (AvgIpc) is 2.35. The number of ether oxygens (including phenoxy) is 1. The lowest BCUT2D eigenvalue weighted by Crippen LogP contribution is -2.23. The van der Waals surface area contributed by atoms with Crippen molar-refractivity contribution in [2.24, 2.45) is 0 Å². The number of halogens is 1. The van der Waals surface area contributed by atoms with E-state index in [0.717, 1.165) is 37.7 Å². The third kappa shape index (κ3) is 4.84. The lowest BCUT2D eigenvalue weighted by atomic mass is 10.1. The van der Waals surface area contributed by atoms with Crippen molar-refractivity contribution in [1.29, 1.82) is 0 Å². The highest BCUT2D eigenvalue weighted by Crippen LogP contribution is 2.23. The molecule has 1 rings (SSSR count). The molecule has 102 valence electrons. The van der Waals surface area contributed by atoms with Crippen molar-refractivity contribution in [3.8, 4) is 0 Å². The van der Waals surface area contributed by atoms with Crippen LogP contribution >= 0.6 is 11.6 Å². The van der Waals surface area contributed by atoms with Gasteiger partial charge in [0.05, 0.1) is 6.61 Å². The number of benzene rings is 1. The first-order valence-corrected chi connectivity index (χ1v) is 6.76. The summed E-state index contributed by atoms with van der Waals surface area (Å²) in [5, 5.41) is 4.14. The van der Waals surface area contributed by atoms with Gasteiger partial charge in [-0.25, -0.2) is 0 Å². The number of nitrogens with one attached hydrogen (secondary N) is 1. The smallest absolute Gasteiger partial charge is 0.0587 e. The van der Waals surface area contributed by atoms with Gasteiger partial charge in [-0.3, -0.25) is 0 Å². The zero-order chi connectivity index (χ0) is 13.4. The lowest BCUT2D eigenvalue weighted by Gasteiger charge is -2.22. The molecule has 1 aromatic rings. The number of rotatable bonds is 8. The molecule has 18 heavy (non-hydrogen) atoms. The third-order valence-electron chi connectivity index (χ3n) is 2.81. The summed E-state index contributed by atoms with van der Waals surface area (Å²) in [5.74, 6) is 0. The van der Waals surface area contributed by atoms with E-state index in [4.69, 9.17) is 16.3 Å². The molecule has 0 aliphatic rings. The van der Waals surface area contributed by atoms with Crippen LogP contribution in [-0.2, 0) is 11.3 Å². The van der Waals surface area contributed by atoms with Crippen molar-refractivity contribution in [2.75, 3.05) is 38.8 Å². The van der Waals surface area contributed by atoms with Crippen molar-refractivity contribution in [2.45, 2.75) is 19.9 Å². The summed E-state index contributed by atoms with van der Waals surface area (Å²) in [6.45, 7) is 5.61. The Morgan fingerprint density at radius 1 is 1.39 bits per heavy atom. The number of hydrogen-bond acceptors (Lipinski definition) is 3. The van der Waals surface area contributed by atoms with Gasteiger partial charge in [-0.2, -0.15) is 0 Å². The van der Waals surface area contributed by atoms with Crippen LogP contribution in [0.1, 0.15) is 18.9 Å². The molecule has 0 atom stereocenters. The largest absolute Gasteiger partial charge is 0.383 e. The molecule has 1 aromatic carbocycles. The molecule has 0 aliphatic heterocycles. The Bertz CT molecular complexity index is 358. The Morgan fingerprint density at radius 3 is 2.83 bits per heavy atom. The van der Waals surface area contributed by atoms with Crippen LogP contribution in [0.25, 0.3) is 0 Å². The molecule has 4 heteroatoms. The summed E-state index contributed by atoms with van der Waals surface area (Å²) in [7, 11) is 3.83. The molecular formula is C14H23ClN2O. The van der Waals surface area contributed by atoms with Gasteiger partial charge in [-0.05, 0) is 30.2 Å². The Hall–Kier alpha value is -0.770. The Kier molecular flexibility index (Phi) is 7.09. The summed E-state index contributed by atoms with van der Waals surface area (Å²) in [5.41, 5.74) is 2.47. The number of hydrogen-bond donors (Lipinski definition) is 1. The first-order chi connectivity index (χ1) is 8.69. The minimum atomic E-state index is 0.723. The van der Waals surface area contributed by atoms with Gasteiger partial charge < -0.3 is 15.0 Å². The highest BCUT2D eigenvalue weighted by Gasteiger charge is 2.07. The van der Waals surface area contributed by atoms with E-state index in [-0.39, 0.29) is 0 Å². The number of nitrogens with zero attached hydrogens (tertiary/aromatic N) is 1. The van der Waals surface area contributed by atoms with Crippen LogP contribution in [0.3, 0.4) is 0 Å². The second-order valence-corrected chi connectivity index (χ2v) is 4.80. The predicted molar refractivity (Wildman–Crippen MR) is 78.6 cm³/mol. The summed E-state index contributed by atoms with van der Waals surface area (Å²) < 4.78 is 5.02. The Morgan fingerprint density at radius 2 is 2.17 bits per heavy atom. The van der Waals surface area contributed by atoms with Crippen molar-refractivity contribution >= 4 is 17.3 Å². The second-order valence-electron chi connectivity index (χ2n) is 4.36. The minimum Gasteiger partial charge on any atom is -0.383 e. The summed E-state index contributed by atoms with van der Waals surface area (Å²) in [6, 6.07) is 6.07. The fourth-order valence-electron chi connectivity index (χ4n) is 1.92. The number of methoxy groups -OCH3 is 1. The normalized spacial score (nSPS) is 10.7. The van der Waals surface area contributed by atoms with E-state index in [0.29, 0.717) is 0 Å². The molecule has 0 unspecified atom stereocenters. The van der Waals surface area contributed by atoms with E-state index in [1.165, 1.54) is 11.3 Å². The van der Waals surface area contributed by atoms with Crippen LogP contribution in [0, 0.1) is 0 Å². The molecule has 3 nitrogen and oxygen atoms in total. The molecule has 0 saturated heterocycles. The van der Waals surface area contributed by atoms with Gasteiger partial charge in [0.25, 0.3) is 0 Å². The highest BCUT2D eigenvalue weighted by molar-refractivity contribution is 6.30. The van der Waals surface area contributed by atoms with E-state index in [2.05, 4.69) is 30.3 Å². The molecule has 0 amide bonds. The molecular weight excluding hydrogens is 248 g/mol. The molecule has 0 aromatic heterocycles. The fraction of sp³-hybridized carbons (Fsp3) is 0.571. The van der Waals surface area contributed by atoms with Crippen LogP contribution in [0.15, 0.2) is 18.2 Å². The topological polar surface area (TPSA) is 24.5 Å². The fourth-order valence-corrected chi connectivity index (χ4v) is 2.12. The van der Waals surface area contributed by atoms with Crippen molar-refractivity contribution in [1.82, 2.24) is 5.32 Å². The van der Waals surface area contributed by atoms with Crippen LogP contribution in [0.5, 0.6) is 0 Å². The van der Waals surface area contributed by atoms with Crippen LogP contribution in [0.4, 0.5) is 5.69 Å². The van der Waals surface area contributed by atoms with Crippen molar-refractivity contribution < 1.29 is 4.74 Å². The van der Waals surface area contributed by atoms with E-state index >= 15 is 0 Å². The third-order valence-corrected chi connectivity index (χ3v) is 3.05. The Balaban J connectivity index is 2.70. The maximum Gasteiger partial charge on any atom is 0.0587 e. The highest BCUT2D eigenvalue weighted by atomic mass is 35.5. The maximum atomic E-state index is 6.07. The van der Waals surface area contributed by atoms with Gasteiger partial charge in [-0.15, -0.1) is 0 Å². The first kappa shape index (κ1) is 15.3. The monoisotopic (exact) mass is 270 g/mol. The van der Waals surface area contributed by atoms with Crippen molar-refractivity contribution in [3.63, 3.8) is 0 Å². The van der Waals surface area contributed by atoms with Crippen LogP contribution < -0.4 is 10.2 Å². The maximum absolute atomic E-state index is 6.07. The van der Waals surface area contributed by atoms with E-state index in [9.17, 15) is 0 Å². The summed E-state index contributed by atoms with van der Waals surface area (Å²) >= 11 is 6.07. The Labute approximate surface area is 115 Å². The van der Waals surface area contributed by atoms with E-state index < -0.39 is 0 Å². The summed E-state index contributed by atoms with van der Waals surface area (Å²) in [6.07, 6.45) is 1.13. The number of anilines is 1. The van der Waals surface area contributed by atoms with Gasteiger partial charge >= 0.3 is 0 Å². The first-order valence-electron chi connectivity index (χ1n) is 6.38. The van der Waals surface area contributed by atoms with Gasteiger partial charge in [0.1, 0.15) is 0 Å². The SMILES string of the molecule is CCCN(C)c1ccc(Cl)cc1CNCCOC. The quantitative estimate of drug-likeness (QED) is 0.735. The van der Waals surface area contributed by atoms with Crippen LogP contribution in [-0.4, -0.2) is 33.9 Å². The zero-order valence-electron chi connectivity index (χ0n) is 11.5. The minimum absolute atomic E-state index is 0.723.